The summed E-state index contributed by atoms with van der Waals surface area (Å²) in [6.07, 6.45) is 10.9. The smallest absolute Gasteiger partial charge is 0.313 e. The van der Waals surface area contributed by atoms with Crippen LogP contribution < -0.4 is 0 Å². The number of esters is 1. The van der Waals surface area contributed by atoms with Gasteiger partial charge in [-0.15, -0.1) is 0 Å². The number of hydrogen-bond donors (Lipinski definition) is 0. The van der Waals surface area contributed by atoms with Gasteiger partial charge in [-0.1, -0.05) is 25.5 Å². The van der Waals surface area contributed by atoms with Crippen molar-refractivity contribution in [2.75, 3.05) is 6.61 Å². The number of carbonyl (C=O) groups is 1. The molecule has 2 bridgehead atoms. The summed E-state index contributed by atoms with van der Waals surface area (Å²) in [5.74, 6) is 0.770. The quantitative estimate of drug-likeness (QED) is 0.608. The van der Waals surface area contributed by atoms with Gasteiger partial charge >= 0.3 is 5.97 Å². The number of allylic oxidation sites excluding steroid dienone is 1. The minimum atomic E-state index is -0.315. The average Bonchev–Trinajstić information content (AvgIpc) is 3.04. The van der Waals surface area contributed by atoms with E-state index in [9.17, 15) is 4.79 Å². The van der Waals surface area contributed by atoms with Crippen molar-refractivity contribution < 1.29 is 13.9 Å². The number of rotatable bonds is 3. The van der Waals surface area contributed by atoms with Gasteiger partial charge in [0.15, 0.2) is 0 Å². The maximum Gasteiger partial charge on any atom is 0.313 e. The minimum Gasteiger partial charge on any atom is -0.472 e. The Morgan fingerprint density at radius 1 is 1.39 bits per heavy atom. The molecule has 3 fully saturated rings. The number of ether oxygens (including phenoxy) is 1. The predicted molar refractivity (Wildman–Crippen MR) is 87.7 cm³/mol. The summed E-state index contributed by atoms with van der Waals surface area (Å²) in [6.45, 7) is 7.30. The van der Waals surface area contributed by atoms with Crippen molar-refractivity contribution in [1.82, 2.24) is 0 Å². The van der Waals surface area contributed by atoms with Crippen LogP contribution in [0.3, 0.4) is 0 Å². The van der Waals surface area contributed by atoms with Gasteiger partial charge in [-0.3, -0.25) is 4.79 Å². The highest BCUT2D eigenvalue weighted by Gasteiger charge is 2.64. The lowest BCUT2D eigenvalue weighted by Crippen LogP contribution is -2.61. The van der Waals surface area contributed by atoms with Gasteiger partial charge in [0.1, 0.15) is 0 Å². The fourth-order valence-electron chi connectivity index (χ4n) is 5.78. The summed E-state index contributed by atoms with van der Waals surface area (Å²) in [5.41, 5.74) is 2.32. The Morgan fingerprint density at radius 2 is 2.26 bits per heavy atom. The first-order chi connectivity index (χ1) is 11.1. The third kappa shape index (κ3) is 2.12. The van der Waals surface area contributed by atoms with Crippen molar-refractivity contribution >= 4 is 5.97 Å². The molecule has 0 amide bonds. The highest BCUT2D eigenvalue weighted by molar-refractivity contribution is 5.80. The molecule has 2 heterocycles. The molecule has 4 rings (SSSR count). The minimum absolute atomic E-state index is 0.0534. The zero-order chi connectivity index (χ0) is 16.1. The SMILES string of the molecule is C=C1CC[C@@H]2[C@@]3(C)CCC[C@@]2(C(=O)OC3)[C@@H]1CCc1ccoc1. The molecule has 1 aromatic rings. The highest BCUT2D eigenvalue weighted by Crippen LogP contribution is 2.64. The lowest BCUT2D eigenvalue weighted by atomic mass is 9.45. The molecule has 0 N–H and O–H groups in total. The Labute approximate surface area is 138 Å². The Morgan fingerprint density at radius 3 is 3.04 bits per heavy atom. The average molecular weight is 314 g/mol. The molecule has 1 saturated heterocycles. The molecular formula is C20H26O3. The second-order valence-corrected chi connectivity index (χ2v) is 8.10. The molecule has 1 aromatic heterocycles. The molecule has 3 heteroatoms. The monoisotopic (exact) mass is 314 g/mol. The number of furan rings is 1. The zero-order valence-corrected chi connectivity index (χ0v) is 14.0. The molecule has 0 aromatic carbocycles. The van der Waals surface area contributed by atoms with Crippen molar-refractivity contribution in [3.8, 4) is 0 Å². The van der Waals surface area contributed by atoms with Crippen LogP contribution in [0.5, 0.6) is 0 Å². The zero-order valence-electron chi connectivity index (χ0n) is 14.0. The Kier molecular flexibility index (Phi) is 3.44. The normalized spacial score (nSPS) is 39.7. The van der Waals surface area contributed by atoms with E-state index >= 15 is 0 Å². The molecule has 124 valence electrons. The van der Waals surface area contributed by atoms with Crippen LogP contribution in [-0.2, 0) is 16.0 Å². The standard InChI is InChI=1S/C20H26O3/c1-14-4-7-17-19(2)9-3-10-20(17,18(21)23-13-19)16(14)6-5-15-8-11-22-12-15/h8,11-12,16-17H,1,3-7,9-10,13H2,2H3/t16-,17-,19+,20-/m1/s1. The van der Waals surface area contributed by atoms with Crippen LogP contribution in [0.15, 0.2) is 35.2 Å². The van der Waals surface area contributed by atoms with Crippen LogP contribution in [0.25, 0.3) is 0 Å². The molecule has 0 radical (unpaired) electrons. The molecule has 4 atom stereocenters. The Balaban J connectivity index is 1.68. The predicted octanol–water partition coefficient (Wildman–Crippen LogP) is 4.53. The summed E-state index contributed by atoms with van der Waals surface area (Å²) < 4.78 is 10.9. The largest absolute Gasteiger partial charge is 0.472 e. The van der Waals surface area contributed by atoms with Gasteiger partial charge in [0.25, 0.3) is 0 Å². The number of hydrogen-bond acceptors (Lipinski definition) is 3. The summed E-state index contributed by atoms with van der Waals surface area (Å²) in [7, 11) is 0. The van der Waals surface area contributed by atoms with Gasteiger partial charge < -0.3 is 9.15 Å². The van der Waals surface area contributed by atoms with E-state index in [2.05, 4.69) is 13.5 Å². The van der Waals surface area contributed by atoms with E-state index in [1.807, 2.05) is 12.3 Å². The van der Waals surface area contributed by atoms with Crippen LogP contribution in [-0.4, -0.2) is 12.6 Å². The second kappa shape index (κ2) is 5.25. The molecule has 3 nitrogen and oxygen atoms in total. The topological polar surface area (TPSA) is 39.4 Å². The summed E-state index contributed by atoms with van der Waals surface area (Å²) >= 11 is 0. The maximum absolute atomic E-state index is 12.9. The first-order valence-corrected chi connectivity index (χ1v) is 8.92. The fourth-order valence-corrected chi connectivity index (χ4v) is 5.78. The molecule has 2 aliphatic carbocycles. The van der Waals surface area contributed by atoms with E-state index in [0.29, 0.717) is 12.5 Å². The van der Waals surface area contributed by atoms with Crippen LogP contribution >= 0.6 is 0 Å². The highest BCUT2D eigenvalue weighted by atomic mass is 16.5. The van der Waals surface area contributed by atoms with Crippen LogP contribution in [0.2, 0.25) is 0 Å². The van der Waals surface area contributed by atoms with Gasteiger partial charge in [-0.2, -0.15) is 0 Å². The molecule has 23 heavy (non-hydrogen) atoms. The van der Waals surface area contributed by atoms with Crippen molar-refractivity contribution in [2.24, 2.45) is 22.7 Å². The van der Waals surface area contributed by atoms with Crippen LogP contribution in [0.1, 0.15) is 51.0 Å². The van der Waals surface area contributed by atoms with E-state index in [0.717, 1.165) is 38.5 Å². The lowest BCUT2D eigenvalue weighted by Gasteiger charge is -2.61. The maximum atomic E-state index is 12.9. The number of cyclic esters (lactones) is 1. The summed E-state index contributed by atoms with van der Waals surface area (Å²) in [5, 5.41) is 0. The second-order valence-electron chi connectivity index (χ2n) is 8.10. The third-order valence-corrected chi connectivity index (χ3v) is 6.88. The summed E-state index contributed by atoms with van der Waals surface area (Å²) in [4.78, 5) is 12.9. The van der Waals surface area contributed by atoms with Gasteiger partial charge in [0.05, 0.1) is 24.5 Å². The first-order valence-electron chi connectivity index (χ1n) is 8.92. The Hall–Kier alpha value is -1.51. The molecule has 0 unspecified atom stereocenters. The van der Waals surface area contributed by atoms with Crippen molar-refractivity contribution in [3.05, 3.63) is 36.3 Å². The van der Waals surface area contributed by atoms with E-state index < -0.39 is 0 Å². The fraction of sp³-hybridized carbons (Fsp3) is 0.650. The van der Waals surface area contributed by atoms with Crippen LogP contribution in [0, 0.1) is 22.7 Å². The van der Waals surface area contributed by atoms with Crippen molar-refractivity contribution in [3.63, 3.8) is 0 Å². The summed E-state index contributed by atoms with van der Waals surface area (Å²) in [6, 6.07) is 2.02. The van der Waals surface area contributed by atoms with Crippen molar-refractivity contribution in [1.29, 1.82) is 0 Å². The van der Waals surface area contributed by atoms with Gasteiger partial charge in [0.2, 0.25) is 0 Å². The first kappa shape index (κ1) is 15.0. The number of carbonyl (C=O) groups excluding carboxylic acids is 1. The van der Waals surface area contributed by atoms with Gasteiger partial charge in [0, 0.05) is 5.41 Å². The Bertz CT molecular complexity index is 617. The van der Waals surface area contributed by atoms with Gasteiger partial charge in [-0.25, -0.2) is 0 Å². The molecule has 1 aliphatic heterocycles. The molecular weight excluding hydrogens is 288 g/mol. The number of aryl methyl sites for hydroxylation is 1. The van der Waals surface area contributed by atoms with E-state index in [1.165, 1.54) is 17.6 Å². The molecule has 0 spiro atoms. The van der Waals surface area contributed by atoms with Crippen LogP contribution in [0.4, 0.5) is 0 Å². The van der Waals surface area contributed by atoms with Gasteiger partial charge in [-0.05, 0) is 62.0 Å². The molecule has 3 aliphatic rings. The lowest BCUT2D eigenvalue weighted by molar-refractivity contribution is -0.207. The van der Waals surface area contributed by atoms with Crippen molar-refractivity contribution in [2.45, 2.75) is 51.9 Å². The third-order valence-electron chi connectivity index (χ3n) is 6.88. The van der Waals surface area contributed by atoms with E-state index in [4.69, 9.17) is 9.15 Å². The van der Waals surface area contributed by atoms with E-state index in [1.54, 1.807) is 6.26 Å². The van der Waals surface area contributed by atoms with E-state index in [-0.39, 0.29) is 22.7 Å². The molecule has 2 saturated carbocycles.